The van der Waals surface area contributed by atoms with Gasteiger partial charge in [0, 0.05) is 18.7 Å². The van der Waals surface area contributed by atoms with E-state index in [0.717, 1.165) is 19.3 Å². The van der Waals surface area contributed by atoms with Crippen LogP contribution < -0.4 is 5.32 Å². The van der Waals surface area contributed by atoms with Gasteiger partial charge in [0.2, 0.25) is 0 Å². The number of hydrogen-bond donors (Lipinski definition) is 2. The van der Waals surface area contributed by atoms with Crippen LogP contribution in [-0.4, -0.2) is 23.8 Å². The zero-order chi connectivity index (χ0) is 13.6. The fraction of sp³-hybridized carbons (Fsp3) is 0.933. The largest absolute Gasteiger partial charge is 0.396 e. The summed E-state index contributed by atoms with van der Waals surface area (Å²) in [5, 5.41) is 22.2. The van der Waals surface area contributed by atoms with Crippen molar-refractivity contribution in [3.63, 3.8) is 0 Å². The first kappa shape index (κ1) is 15.5. The minimum absolute atomic E-state index is 0.120. The molecule has 1 aliphatic rings. The van der Waals surface area contributed by atoms with Crippen LogP contribution in [0.1, 0.15) is 59.3 Å². The van der Waals surface area contributed by atoms with Crippen molar-refractivity contribution < 1.29 is 5.11 Å². The Morgan fingerprint density at radius 2 is 1.94 bits per heavy atom. The second-order valence-electron chi connectivity index (χ2n) is 6.58. The third kappa shape index (κ3) is 4.59. The molecule has 0 aliphatic heterocycles. The Kier molecular flexibility index (Phi) is 6.11. The van der Waals surface area contributed by atoms with E-state index >= 15 is 0 Å². The summed E-state index contributed by atoms with van der Waals surface area (Å²) in [7, 11) is 0. The molecular weight excluding hydrogens is 224 g/mol. The van der Waals surface area contributed by atoms with Gasteiger partial charge in [0.15, 0.2) is 0 Å². The second-order valence-corrected chi connectivity index (χ2v) is 6.58. The Hall–Kier alpha value is -0.590. The van der Waals surface area contributed by atoms with Crippen LogP contribution in [0.2, 0.25) is 0 Å². The van der Waals surface area contributed by atoms with E-state index in [1.807, 2.05) is 0 Å². The van der Waals surface area contributed by atoms with Crippen LogP contribution in [0.3, 0.4) is 0 Å². The third-order valence-electron chi connectivity index (χ3n) is 4.06. The number of hydrogen-bond acceptors (Lipinski definition) is 3. The van der Waals surface area contributed by atoms with Crippen LogP contribution in [0.5, 0.6) is 0 Å². The molecule has 0 amide bonds. The van der Waals surface area contributed by atoms with Gasteiger partial charge < -0.3 is 10.4 Å². The summed E-state index contributed by atoms with van der Waals surface area (Å²) >= 11 is 0. The summed E-state index contributed by atoms with van der Waals surface area (Å²) < 4.78 is 0. The first-order valence-electron chi connectivity index (χ1n) is 7.25. The molecule has 1 saturated carbocycles. The normalized spacial score (nSPS) is 27.3. The van der Waals surface area contributed by atoms with Crippen LogP contribution >= 0.6 is 0 Å². The number of aliphatic hydroxyl groups excluding tert-OH is 1. The molecule has 0 aromatic rings. The lowest BCUT2D eigenvalue weighted by Gasteiger charge is -2.36. The fourth-order valence-corrected chi connectivity index (χ4v) is 2.82. The van der Waals surface area contributed by atoms with Crippen LogP contribution in [-0.2, 0) is 0 Å². The minimum Gasteiger partial charge on any atom is -0.396 e. The van der Waals surface area contributed by atoms with Gasteiger partial charge in [-0.15, -0.1) is 0 Å². The lowest BCUT2D eigenvalue weighted by molar-refractivity contribution is 0.174. The molecule has 3 nitrogen and oxygen atoms in total. The smallest absolute Gasteiger partial charge is 0.0672 e. The highest BCUT2D eigenvalue weighted by atomic mass is 16.3. The van der Waals surface area contributed by atoms with Crippen molar-refractivity contribution in [2.45, 2.75) is 71.4 Å². The SMILES string of the molecule is CC(C)(C)C(CCO)NC1CCCCCC1C#N. The van der Waals surface area contributed by atoms with Crippen molar-refractivity contribution in [3.05, 3.63) is 0 Å². The van der Waals surface area contributed by atoms with Gasteiger partial charge in [-0.1, -0.05) is 40.0 Å². The number of rotatable bonds is 4. The van der Waals surface area contributed by atoms with Crippen LogP contribution in [0, 0.1) is 22.7 Å². The summed E-state index contributed by atoms with van der Waals surface area (Å²) in [4.78, 5) is 0. The van der Waals surface area contributed by atoms with Crippen LogP contribution in [0.25, 0.3) is 0 Å². The molecule has 0 bridgehead atoms. The second kappa shape index (κ2) is 7.11. The van der Waals surface area contributed by atoms with Gasteiger partial charge in [0.05, 0.1) is 12.0 Å². The molecule has 1 rings (SSSR count). The van der Waals surface area contributed by atoms with E-state index in [2.05, 4.69) is 32.2 Å². The summed E-state index contributed by atoms with van der Waals surface area (Å²) in [6.45, 7) is 6.79. The standard InChI is InChI=1S/C15H28N2O/c1-15(2,3)14(9-10-18)17-13-8-6-4-5-7-12(13)11-16/h12-14,17-18H,4-10H2,1-3H3. The molecule has 2 N–H and O–H groups in total. The van der Waals surface area contributed by atoms with Gasteiger partial charge in [-0.05, 0) is 24.7 Å². The lowest BCUT2D eigenvalue weighted by Crippen LogP contribution is -2.48. The van der Waals surface area contributed by atoms with Crippen molar-refractivity contribution in [1.29, 1.82) is 5.26 Å². The van der Waals surface area contributed by atoms with Crippen molar-refractivity contribution in [3.8, 4) is 6.07 Å². The topological polar surface area (TPSA) is 56.0 Å². The predicted octanol–water partition coefficient (Wildman–Crippen LogP) is 2.85. The quantitative estimate of drug-likeness (QED) is 0.756. The molecule has 18 heavy (non-hydrogen) atoms. The molecule has 0 spiro atoms. The van der Waals surface area contributed by atoms with E-state index in [4.69, 9.17) is 0 Å². The maximum Gasteiger partial charge on any atom is 0.0672 e. The Labute approximate surface area is 112 Å². The fourth-order valence-electron chi connectivity index (χ4n) is 2.82. The van der Waals surface area contributed by atoms with Crippen molar-refractivity contribution in [2.75, 3.05) is 6.61 Å². The molecule has 104 valence electrons. The molecule has 3 atom stereocenters. The maximum atomic E-state index is 9.29. The Morgan fingerprint density at radius 3 is 2.50 bits per heavy atom. The molecule has 3 unspecified atom stereocenters. The molecular formula is C15H28N2O. The van der Waals surface area contributed by atoms with E-state index in [1.165, 1.54) is 19.3 Å². The summed E-state index contributed by atoms with van der Waals surface area (Å²) in [5.41, 5.74) is 0.120. The number of aliphatic hydroxyl groups is 1. The highest BCUT2D eigenvalue weighted by molar-refractivity contribution is 4.96. The zero-order valence-corrected chi connectivity index (χ0v) is 12.1. The average molecular weight is 252 g/mol. The minimum atomic E-state index is 0.120. The van der Waals surface area contributed by atoms with E-state index in [-0.39, 0.29) is 24.0 Å². The average Bonchev–Trinajstić information content (AvgIpc) is 2.52. The zero-order valence-electron chi connectivity index (χ0n) is 12.1. The predicted molar refractivity (Wildman–Crippen MR) is 74.1 cm³/mol. The van der Waals surface area contributed by atoms with Gasteiger partial charge in [0.1, 0.15) is 0 Å². The molecule has 0 aromatic carbocycles. The van der Waals surface area contributed by atoms with Gasteiger partial charge in [0.25, 0.3) is 0 Å². The molecule has 0 saturated heterocycles. The van der Waals surface area contributed by atoms with Crippen molar-refractivity contribution >= 4 is 0 Å². The summed E-state index contributed by atoms with van der Waals surface area (Å²) in [5.74, 6) is 0.135. The summed E-state index contributed by atoms with van der Waals surface area (Å²) in [6, 6.07) is 3.05. The first-order chi connectivity index (χ1) is 8.49. The Bertz CT molecular complexity index is 277. The number of nitrogens with zero attached hydrogens (tertiary/aromatic N) is 1. The molecule has 3 heteroatoms. The van der Waals surface area contributed by atoms with Gasteiger partial charge in [-0.25, -0.2) is 0 Å². The van der Waals surface area contributed by atoms with Crippen molar-refractivity contribution in [2.24, 2.45) is 11.3 Å². The van der Waals surface area contributed by atoms with E-state index in [9.17, 15) is 10.4 Å². The Morgan fingerprint density at radius 1 is 1.28 bits per heavy atom. The Balaban J connectivity index is 2.68. The van der Waals surface area contributed by atoms with E-state index in [0.29, 0.717) is 6.04 Å². The number of nitriles is 1. The van der Waals surface area contributed by atoms with E-state index < -0.39 is 0 Å². The highest BCUT2D eigenvalue weighted by Crippen LogP contribution is 2.27. The highest BCUT2D eigenvalue weighted by Gasteiger charge is 2.30. The van der Waals surface area contributed by atoms with Crippen LogP contribution in [0.15, 0.2) is 0 Å². The monoisotopic (exact) mass is 252 g/mol. The van der Waals surface area contributed by atoms with E-state index in [1.54, 1.807) is 0 Å². The molecule has 0 heterocycles. The van der Waals surface area contributed by atoms with Gasteiger partial charge in [-0.2, -0.15) is 5.26 Å². The first-order valence-corrected chi connectivity index (χ1v) is 7.25. The number of nitrogens with one attached hydrogen (secondary N) is 1. The van der Waals surface area contributed by atoms with Crippen LogP contribution in [0.4, 0.5) is 0 Å². The molecule has 0 radical (unpaired) electrons. The van der Waals surface area contributed by atoms with Gasteiger partial charge in [-0.3, -0.25) is 0 Å². The molecule has 1 fully saturated rings. The lowest BCUT2D eigenvalue weighted by atomic mass is 9.83. The summed E-state index contributed by atoms with van der Waals surface area (Å²) in [6.07, 6.45) is 6.51. The maximum absolute atomic E-state index is 9.29. The van der Waals surface area contributed by atoms with Crippen molar-refractivity contribution in [1.82, 2.24) is 5.32 Å². The third-order valence-corrected chi connectivity index (χ3v) is 4.06. The van der Waals surface area contributed by atoms with Gasteiger partial charge >= 0.3 is 0 Å². The molecule has 1 aliphatic carbocycles. The molecule has 0 aromatic heterocycles.